The number of nitrogens with one attached hydrogen (secondary N) is 1. The fraction of sp³-hybridized carbons (Fsp3) is 0.231. The molecule has 1 N–H and O–H groups in total. The number of carbonyl (C=O) groups excluding carboxylic acids is 1. The predicted octanol–water partition coefficient (Wildman–Crippen LogP) is 2.78. The summed E-state index contributed by atoms with van der Waals surface area (Å²) in [6, 6.07) is 5.88. The van der Waals surface area contributed by atoms with Crippen LogP contribution in [-0.2, 0) is 4.79 Å². The molecule has 1 amide bonds. The molecule has 0 aliphatic carbocycles. The first kappa shape index (κ1) is 12.6. The molecule has 94 valence electrons. The minimum Gasteiger partial charge on any atom is -0.483 e. The summed E-state index contributed by atoms with van der Waals surface area (Å²) in [4.78, 5) is 15.6. The average molecular weight is 262 g/mol. The Balaban J connectivity index is 1.93. The molecule has 0 unspecified atom stereocenters. The molecule has 0 aliphatic rings. The fourth-order valence-electron chi connectivity index (χ4n) is 1.61. The molecule has 4 nitrogen and oxygen atoms in total. The molecular formula is C13H14N2O2S. The van der Waals surface area contributed by atoms with Crippen LogP contribution in [0.5, 0.6) is 5.75 Å². The second-order valence-electron chi connectivity index (χ2n) is 3.90. The van der Waals surface area contributed by atoms with E-state index in [1.807, 2.05) is 37.4 Å². The van der Waals surface area contributed by atoms with Gasteiger partial charge in [-0.3, -0.25) is 10.1 Å². The van der Waals surface area contributed by atoms with Crippen molar-refractivity contribution >= 4 is 22.4 Å². The van der Waals surface area contributed by atoms with Crippen molar-refractivity contribution in [2.45, 2.75) is 13.8 Å². The third kappa shape index (κ3) is 3.07. The van der Waals surface area contributed by atoms with E-state index >= 15 is 0 Å². The molecule has 2 rings (SSSR count). The maximum Gasteiger partial charge on any atom is 0.264 e. The zero-order valence-corrected chi connectivity index (χ0v) is 11.1. The highest BCUT2D eigenvalue weighted by Gasteiger charge is 2.08. The Morgan fingerprint density at radius 1 is 1.39 bits per heavy atom. The van der Waals surface area contributed by atoms with Crippen molar-refractivity contribution in [3.8, 4) is 5.75 Å². The van der Waals surface area contributed by atoms with E-state index in [1.165, 1.54) is 11.3 Å². The van der Waals surface area contributed by atoms with Gasteiger partial charge in [0, 0.05) is 11.6 Å². The van der Waals surface area contributed by atoms with Gasteiger partial charge < -0.3 is 4.74 Å². The number of nitrogens with zero attached hydrogens (tertiary/aromatic N) is 1. The minimum atomic E-state index is -0.201. The Morgan fingerprint density at radius 3 is 2.72 bits per heavy atom. The van der Waals surface area contributed by atoms with Crippen LogP contribution in [0.3, 0.4) is 0 Å². The van der Waals surface area contributed by atoms with Crippen LogP contribution in [-0.4, -0.2) is 17.5 Å². The van der Waals surface area contributed by atoms with E-state index in [9.17, 15) is 4.79 Å². The molecule has 0 bridgehead atoms. The van der Waals surface area contributed by atoms with E-state index in [1.54, 1.807) is 6.20 Å². The molecule has 0 aliphatic heterocycles. The van der Waals surface area contributed by atoms with E-state index in [-0.39, 0.29) is 12.5 Å². The van der Waals surface area contributed by atoms with Crippen LogP contribution in [0, 0.1) is 13.8 Å². The van der Waals surface area contributed by atoms with E-state index in [0.29, 0.717) is 5.13 Å². The van der Waals surface area contributed by atoms with Crippen molar-refractivity contribution in [2.24, 2.45) is 0 Å². The van der Waals surface area contributed by atoms with Gasteiger partial charge in [-0.1, -0.05) is 18.2 Å². The summed E-state index contributed by atoms with van der Waals surface area (Å²) < 4.78 is 5.54. The summed E-state index contributed by atoms with van der Waals surface area (Å²) in [6.45, 7) is 3.91. The first-order valence-electron chi connectivity index (χ1n) is 5.55. The quantitative estimate of drug-likeness (QED) is 0.921. The summed E-state index contributed by atoms with van der Waals surface area (Å²) in [5.74, 6) is 0.569. The first-order valence-corrected chi connectivity index (χ1v) is 6.43. The van der Waals surface area contributed by atoms with Gasteiger partial charge in [-0.2, -0.15) is 0 Å². The van der Waals surface area contributed by atoms with Gasteiger partial charge in [0.05, 0.1) is 0 Å². The van der Waals surface area contributed by atoms with E-state index in [4.69, 9.17) is 4.74 Å². The second kappa shape index (κ2) is 5.64. The minimum absolute atomic E-state index is 0.00866. The Morgan fingerprint density at radius 2 is 2.11 bits per heavy atom. The maximum absolute atomic E-state index is 11.6. The summed E-state index contributed by atoms with van der Waals surface area (Å²) in [7, 11) is 0. The van der Waals surface area contributed by atoms with Crippen LogP contribution in [0.2, 0.25) is 0 Å². The van der Waals surface area contributed by atoms with Crippen LogP contribution in [0.15, 0.2) is 29.8 Å². The number of benzene rings is 1. The summed E-state index contributed by atoms with van der Waals surface area (Å²) in [6.07, 6.45) is 1.65. The van der Waals surface area contributed by atoms with Crippen LogP contribution in [0.25, 0.3) is 0 Å². The van der Waals surface area contributed by atoms with E-state index < -0.39 is 0 Å². The lowest BCUT2D eigenvalue weighted by Gasteiger charge is -2.11. The van der Waals surface area contributed by atoms with Gasteiger partial charge in [-0.05, 0) is 25.0 Å². The smallest absolute Gasteiger partial charge is 0.264 e. The fourth-order valence-corrected chi connectivity index (χ4v) is 2.15. The number of carbonyl (C=O) groups is 1. The number of aromatic nitrogens is 1. The number of anilines is 1. The topological polar surface area (TPSA) is 51.2 Å². The van der Waals surface area contributed by atoms with Crippen LogP contribution in [0.1, 0.15) is 11.1 Å². The van der Waals surface area contributed by atoms with E-state index in [0.717, 1.165) is 16.9 Å². The van der Waals surface area contributed by atoms with Crippen LogP contribution >= 0.6 is 11.3 Å². The van der Waals surface area contributed by atoms with Gasteiger partial charge in [-0.15, -0.1) is 11.3 Å². The molecule has 1 aromatic heterocycles. The molecule has 0 fully saturated rings. The first-order chi connectivity index (χ1) is 8.66. The highest BCUT2D eigenvalue weighted by Crippen LogP contribution is 2.22. The molecule has 1 heterocycles. The van der Waals surface area contributed by atoms with Crippen molar-refractivity contribution in [1.29, 1.82) is 0 Å². The number of amides is 1. The summed E-state index contributed by atoms with van der Waals surface area (Å²) in [5.41, 5.74) is 2.05. The third-order valence-corrected chi connectivity index (χ3v) is 3.12. The molecule has 0 saturated heterocycles. The molecule has 0 radical (unpaired) electrons. The lowest BCUT2D eigenvalue weighted by atomic mass is 10.1. The molecule has 0 saturated carbocycles. The van der Waals surface area contributed by atoms with Gasteiger partial charge in [0.25, 0.3) is 5.91 Å². The number of hydrogen-bond acceptors (Lipinski definition) is 4. The molecule has 0 spiro atoms. The lowest BCUT2D eigenvalue weighted by Crippen LogP contribution is -2.20. The third-order valence-electron chi connectivity index (χ3n) is 2.44. The number of hydrogen-bond donors (Lipinski definition) is 1. The zero-order chi connectivity index (χ0) is 13.0. The normalized spacial score (nSPS) is 10.1. The largest absolute Gasteiger partial charge is 0.483 e. The van der Waals surface area contributed by atoms with Gasteiger partial charge in [0.1, 0.15) is 5.75 Å². The Kier molecular flexibility index (Phi) is 3.94. The van der Waals surface area contributed by atoms with Crippen LogP contribution in [0.4, 0.5) is 5.13 Å². The molecule has 5 heteroatoms. The number of rotatable bonds is 4. The monoisotopic (exact) mass is 262 g/mol. The zero-order valence-electron chi connectivity index (χ0n) is 10.3. The van der Waals surface area contributed by atoms with Crippen molar-refractivity contribution in [2.75, 3.05) is 11.9 Å². The summed E-state index contributed by atoms with van der Waals surface area (Å²) in [5, 5.41) is 5.07. The number of ether oxygens (including phenoxy) is 1. The van der Waals surface area contributed by atoms with Crippen molar-refractivity contribution in [3.05, 3.63) is 40.9 Å². The molecule has 18 heavy (non-hydrogen) atoms. The Bertz CT molecular complexity index is 518. The van der Waals surface area contributed by atoms with Crippen LogP contribution < -0.4 is 10.1 Å². The molecular weight excluding hydrogens is 248 g/mol. The molecule has 1 aromatic carbocycles. The van der Waals surface area contributed by atoms with Gasteiger partial charge in [0.15, 0.2) is 11.7 Å². The SMILES string of the molecule is Cc1cccc(C)c1OCC(=O)Nc1nccs1. The number of para-hydroxylation sites is 1. The molecule has 0 atom stereocenters. The van der Waals surface area contributed by atoms with Crippen molar-refractivity contribution in [3.63, 3.8) is 0 Å². The van der Waals surface area contributed by atoms with Gasteiger partial charge in [0.2, 0.25) is 0 Å². The maximum atomic E-state index is 11.6. The highest BCUT2D eigenvalue weighted by molar-refractivity contribution is 7.13. The molecule has 2 aromatic rings. The number of aryl methyl sites for hydroxylation is 2. The van der Waals surface area contributed by atoms with Crippen molar-refractivity contribution < 1.29 is 9.53 Å². The average Bonchev–Trinajstić information content (AvgIpc) is 2.81. The van der Waals surface area contributed by atoms with E-state index in [2.05, 4.69) is 10.3 Å². The van der Waals surface area contributed by atoms with Gasteiger partial charge >= 0.3 is 0 Å². The van der Waals surface area contributed by atoms with Crippen molar-refractivity contribution in [1.82, 2.24) is 4.98 Å². The predicted molar refractivity (Wildman–Crippen MR) is 72.2 cm³/mol. The Hall–Kier alpha value is -1.88. The standard InChI is InChI=1S/C13H14N2O2S/c1-9-4-3-5-10(2)12(9)17-8-11(16)15-13-14-6-7-18-13/h3-7H,8H2,1-2H3,(H,14,15,16). The number of thiazole rings is 1. The van der Waals surface area contributed by atoms with Gasteiger partial charge in [-0.25, -0.2) is 4.98 Å². The Labute approximate surface area is 110 Å². The lowest BCUT2D eigenvalue weighted by molar-refractivity contribution is -0.118. The summed E-state index contributed by atoms with van der Waals surface area (Å²) >= 11 is 1.38. The highest BCUT2D eigenvalue weighted by atomic mass is 32.1. The second-order valence-corrected chi connectivity index (χ2v) is 4.79.